The topological polar surface area (TPSA) is 58.6 Å². The number of aryl methyl sites for hydroxylation is 1. The second-order valence-corrected chi connectivity index (χ2v) is 8.11. The van der Waals surface area contributed by atoms with E-state index in [-0.39, 0.29) is 17.9 Å². The summed E-state index contributed by atoms with van der Waals surface area (Å²) < 4.78 is 5.86. The SMILES string of the molecule is Cc1ccccc1C(=O)NC1CCN(C(=O)c2ccccc2COc2ccccc2)CC1. The maximum absolute atomic E-state index is 13.2. The summed E-state index contributed by atoms with van der Waals surface area (Å²) in [6, 6.07) is 24.9. The Morgan fingerprint density at radius 2 is 1.50 bits per heavy atom. The second kappa shape index (κ2) is 10.1. The number of carbonyl (C=O) groups excluding carboxylic acids is 2. The van der Waals surface area contributed by atoms with Crippen LogP contribution in [0.4, 0.5) is 0 Å². The molecule has 3 aromatic carbocycles. The smallest absolute Gasteiger partial charge is 0.254 e. The summed E-state index contributed by atoms with van der Waals surface area (Å²) in [6.07, 6.45) is 1.48. The molecule has 5 nitrogen and oxygen atoms in total. The second-order valence-electron chi connectivity index (χ2n) is 8.11. The first-order valence-electron chi connectivity index (χ1n) is 11.0. The van der Waals surface area contributed by atoms with Crippen molar-refractivity contribution in [3.05, 3.63) is 101 Å². The zero-order valence-corrected chi connectivity index (χ0v) is 18.3. The van der Waals surface area contributed by atoms with Crippen LogP contribution in [-0.4, -0.2) is 35.8 Å². The number of nitrogens with one attached hydrogen (secondary N) is 1. The van der Waals surface area contributed by atoms with Gasteiger partial charge in [0.25, 0.3) is 11.8 Å². The van der Waals surface area contributed by atoms with Crippen LogP contribution in [0.15, 0.2) is 78.9 Å². The molecule has 2 amide bonds. The molecule has 164 valence electrons. The van der Waals surface area contributed by atoms with Gasteiger partial charge in [-0.2, -0.15) is 0 Å². The van der Waals surface area contributed by atoms with E-state index < -0.39 is 0 Å². The molecular formula is C27H28N2O3. The van der Waals surface area contributed by atoms with E-state index in [1.54, 1.807) is 0 Å². The van der Waals surface area contributed by atoms with Crippen LogP contribution in [0, 0.1) is 6.92 Å². The summed E-state index contributed by atoms with van der Waals surface area (Å²) in [5.74, 6) is 0.747. The van der Waals surface area contributed by atoms with Crippen molar-refractivity contribution < 1.29 is 14.3 Å². The van der Waals surface area contributed by atoms with E-state index in [1.165, 1.54) is 0 Å². The lowest BCUT2D eigenvalue weighted by atomic mass is 10.0. The van der Waals surface area contributed by atoms with Gasteiger partial charge in [0.15, 0.2) is 0 Å². The van der Waals surface area contributed by atoms with Crippen molar-refractivity contribution in [2.45, 2.75) is 32.4 Å². The zero-order chi connectivity index (χ0) is 22.3. The van der Waals surface area contributed by atoms with E-state index in [0.717, 1.165) is 29.7 Å². The molecule has 5 heteroatoms. The number of benzene rings is 3. The monoisotopic (exact) mass is 428 g/mol. The highest BCUT2D eigenvalue weighted by molar-refractivity contribution is 5.96. The Hall–Kier alpha value is -3.60. The quantitative estimate of drug-likeness (QED) is 0.624. The molecule has 3 aromatic rings. The summed E-state index contributed by atoms with van der Waals surface area (Å²) in [4.78, 5) is 27.7. The van der Waals surface area contributed by atoms with Gasteiger partial charge in [0.1, 0.15) is 12.4 Å². The van der Waals surface area contributed by atoms with E-state index in [2.05, 4.69) is 5.32 Å². The van der Waals surface area contributed by atoms with Crippen LogP contribution in [0.2, 0.25) is 0 Å². The lowest BCUT2D eigenvalue weighted by molar-refractivity contribution is 0.0695. The van der Waals surface area contributed by atoms with E-state index in [0.29, 0.717) is 30.8 Å². The Balaban J connectivity index is 1.34. The molecular weight excluding hydrogens is 400 g/mol. The normalized spacial score (nSPS) is 14.1. The first-order chi connectivity index (χ1) is 15.6. The molecule has 0 aromatic heterocycles. The highest BCUT2D eigenvalue weighted by Gasteiger charge is 2.26. The van der Waals surface area contributed by atoms with Crippen LogP contribution < -0.4 is 10.1 Å². The van der Waals surface area contributed by atoms with Gasteiger partial charge in [0.2, 0.25) is 0 Å². The number of amides is 2. The fourth-order valence-corrected chi connectivity index (χ4v) is 4.02. The number of para-hydroxylation sites is 1. The molecule has 0 aliphatic carbocycles. The van der Waals surface area contributed by atoms with Crippen LogP contribution in [0.3, 0.4) is 0 Å². The highest BCUT2D eigenvalue weighted by atomic mass is 16.5. The predicted molar refractivity (Wildman–Crippen MR) is 125 cm³/mol. The standard InChI is InChI=1S/C27H28N2O3/c1-20-9-5-7-13-24(20)26(30)28-22-15-17-29(18-16-22)27(31)25-14-8-6-10-21(25)19-32-23-11-3-2-4-12-23/h2-14,22H,15-19H2,1H3,(H,28,30). The third-order valence-corrected chi connectivity index (χ3v) is 5.89. The fourth-order valence-electron chi connectivity index (χ4n) is 4.02. The maximum atomic E-state index is 13.2. The molecule has 1 aliphatic rings. The number of carbonyl (C=O) groups is 2. The Morgan fingerprint density at radius 1 is 0.875 bits per heavy atom. The minimum atomic E-state index is -0.0451. The summed E-state index contributed by atoms with van der Waals surface area (Å²) in [7, 11) is 0. The molecule has 4 rings (SSSR count). The number of likely N-dealkylation sites (tertiary alicyclic amines) is 1. The van der Waals surface area contributed by atoms with Crippen LogP contribution in [-0.2, 0) is 6.61 Å². The fraction of sp³-hybridized carbons (Fsp3) is 0.259. The Kier molecular flexibility index (Phi) is 6.85. The number of piperidine rings is 1. The van der Waals surface area contributed by atoms with Crippen LogP contribution in [0.5, 0.6) is 5.75 Å². The maximum Gasteiger partial charge on any atom is 0.254 e. The van der Waals surface area contributed by atoms with Crippen molar-refractivity contribution in [3.8, 4) is 5.75 Å². The molecule has 0 atom stereocenters. The first-order valence-corrected chi connectivity index (χ1v) is 11.0. The van der Waals surface area contributed by atoms with Crippen LogP contribution in [0.25, 0.3) is 0 Å². The molecule has 1 aliphatic heterocycles. The van der Waals surface area contributed by atoms with Crippen molar-refractivity contribution in [2.75, 3.05) is 13.1 Å². The third-order valence-electron chi connectivity index (χ3n) is 5.89. The number of nitrogens with zero attached hydrogens (tertiary/aromatic N) is 1. The molecule has 1 N–H and O–H groups in total. The molecule has 0 spiro atoms. The largest absolute Gasteiger partial charge is 0.489 e. The van der Waals surface area contributed by atoms with Gasteiger partial charge in [-0.05, 0) is 49.6 Å². The van der Waals surface area contributed by atoms with Crippen molar-refractivity contribution in [1.82, 2.24) is 10.2 Å². The third kappa shape index (κ3) is 5.17. The van der Waals surface area contributed by atoms with Gasteiger partial charge >= 0.3 is 0 Å². The molecule has 32 heavy (non-hydrogen) atoms. The first kappa shape index (κ1) is 21.6. The van der Waals surface area contributed by atoms with Crippen molar-refractivity contribution in [2.24, 2.45) is 0 Å². The van der Waals surface area contributed by atoms with Gasteiger partial charge in [-0.25, -0.2) is 0 Å². The van der Waals surface area contributed by atoms with Crippen LogP contribution in [0.1, 0.15) is 44.7 Å². The highest BCUT2D eigenvalue weighted by Crippen LogP contribution is 2.19. The predicted octanol–water partition coefficient (Wildman–Crippen LogP) is 4.61. The molecule has 0 saturated carbocycles. The van der Waals surface area contributed by atoms with Gasteiger partial charge in [0, 0.05) is 35.8 Å². The number of ether oxygens (including phenoxy) is 1. The zero-order valence-electron chi connectivity index (χ0n) is 18.3. The van der Waals surface area contributed by atoms with E-state index in [9.17, 15) is 9.59 Å². The number of hydrogen-bond donors (Lipinski definition) is 1. The van der Waals surface area contributed by atoms with Crippen molar-refractivity contribution in [1.29, 1.82) is 0 Å². The van der Waals surface area contributed by atoms with Gasteiger partial charge in [0.05, 0.1) is 0 Å². The van der Waals surface area contributed by atoms with E-state index >= 15 is 0 Å². The minimum absolute atomic E-state index is 0.0148. The molecule has 1 fully saturated rings. The Bertz CT molecular complexity index is 1070. The molecule has 0 radical (unpaired) electrons. The van der Waals surface area contributed by atoms with Crippen LogP contribution >= 0.6 is 0 Å². The van der Waals surface area contributed by atoms with E-state index in [4.69, 9.17) is 4.74 Å². The van der Waals surface area contributed by atoms with Gasteiger partial charge in [-0.3, -0.25) is 9.59 Å². The average Bonchev–Trinajstić information content (AvgIpc) is 2.84. The van der Waals surface area contributed by atoms with Gasteiger partial charge in [-0.1, -0.05) is 54.6 Å². The average molecular weight is 429 g/mol. The van der Waals surface area contributed by atoms with Gasteiger partial charge < -0.3 is 15.0 Å². The molecule has 0 bridgehead atoms. The molecule has 1 heterocycles. The van der Waals surface area contributed by atoms with Gasteiger partial charge in [-0.15, -0.1) is 0 Å². The summed E-state index contributed by atoms with van der Waals surface area (Å²) in [5, 5.41) is 3.13. The van der Waals surface area contributed by atoms with E-state index in [1.807, 2.05) is 90.7 Å². The molecule has 0 unspecified atom stereocenters. The minimum Gasteiger partial charge on any atom is -0.489 e. The van der Waals surface area contributed by atoms with Crippen molar-refractivity contribution >= 4 is 11.8 Å². The van der Waals surface area contributed by atoms with Crippen molar-refractivity contribution in [3.63, 3.8) is 0 Å². The Labute approximate surface area is 189 Å². The lowest BCUT2D eigenvalue weighted by Gasteiger charge is -2.33. The summed E-state index contributed by atoms with van der Waals surface area (Å²) in [5.41, 5.74) is 3.22. The summed E-state index contributed by atoms with van der Waals surface area (Å²) >= 11 is 0. The number of rotatable bonds is 6. The summed E-state index contributed by atoms with van der Waals surface area (Å²) in [6.45, 7) is 3.51. The lowest BCUT2D eigenvalue weighted by Crippen LogP contribution is -2.46. The number of hydrogen-bond acceptors (Lipinski definition) is 3. The Morgan fingerprint density at radius 3 is 2.22 bits per heavy atom. The molecule has 1 saturated heterocycles.